The van der Waals surface area contributed by atoms with Gasteiger partial charge < -0.3 is 19.7 Å². The normalized spacial score (nSPS) is 10.6. The number of hydrogen-bond acceptors (Lipinski definition) is 4. The second kappa shape index (κ2) is 9.08. The molecule has 0 aromatic heterocycles. The number of nitrogens with zero attached hydrogens (tertiary/aromatic N) is 1. The molecule has 0 saturated heterocycles. The summed E-state index contributed by atoms with van der Waals surface area (Å²) in [6, 6.07) is 13.6. The Morgan fingerprint density at radius 1 is 1.04 bits per heavy atom. The van der Waals surface area contributed by atoms with E-state index in [1.165, 1.54) is 11.1 Å². The lowest BCUT2D eigenvalue weighted by Crippen LogP contribution is -2.26. The molecule has 2 aromatic rings. The number of hydrogen-bond donors (Lipinski definition) is 1. The number of ether oxygens (including phenoxy) is 2. The number of amides is 1. The molecule has 0 aliphatic heterocycles. The topological polar surface area (TPSA) is 50.8 Å². The largest absolute Gasteiger partial charge is 0.497 e. The SMILES string of the molecule is COc1ccc(C(=O)NCCc2cccc(CN(C)C)c2)c(OC)c1. The highest BCUT2D eigenvalue weighted by Crippen LogP contribution is 2.24. The molecule has 2 aromatic carbocycles. The molecule has 0 aliphatic rings. The second-order valence-electron chi connectivity index (χ2n) is 6.13. The molecule has 2 rings (SSSR count). The molecule has 134 valence electrons. The van der Waals surface area contributed by atoms with Crippen LogP contribution in [0.5, 0.6) is 11.5 Å². The van der Waals surface area contributed by atoms with Crippen LogP contribution in [-0.2, 0) is 13.0 Å². The van der Waals surface area contributed by atoms with Crippen molar-refractivity contribution in [2.75, 3.05) is 34.9 Å². The van der Waals surface area contributed by atoms with Gasteiger partial charge >= 0.3 is 0 Å². The van der Waals surface area contributed by atoms with E-state index in [0.717, 1.165) is 13.0 Å². The molecule has 0 bridgehead atoms. The van der Waals surface area contributed by atoms with E-state index in [1.807, 2.05) is 0 Å². The van der Waals surface area contributed by atoms with Crippen LogP contribution in [0.25, 0.3) is 0 Å². The highest BCUT2D eigenvalue weighted by Gasteiger charge is 2.12. The van der Waals surface area contributed by atoms with Crippen molar-refractivity contribution in [3.63, 3.8) is 0 Å². The average molecular weight is 342 g/mol. The predicted octanol–water partition coefficient (Wildman–Crippen LogP) is 2.74. The predicted molar refractivity (Wildman–Crippen MR) is 99.4 cm³/mol. The fourth-order valence-corrected chi connectivity index (χ4v) is 2.65. The van der Waals surface area contributed by atoms with Gasteiger partial charge in [-0.05, 0) is 43.8 Å². The molecule has 1 amide bonds. The maximum Gasteiger partial charge on any atom is 0.255 e. The van der Waals surface area contributed by atoms with E-state index in [-0.39, 0.29) is 5.91 Å². The van der Waals surface area contributed by atoms with E-state index < -0.39 is 0 Å². The number of carbonyl (C=O) groups is 1. The van der Waals surface area contributed by atoms with Crippen LogP contribution >= 0.6 is 0 Å². The van der Waals surface area contributed by atoms with Crippen LogP contribution in [0.1, 0.15) is 21.5 Å². The van der Waals surface area contributed by atoms with Crippen LogP contribution in [0, 0.1) is 0 Å². The Kier molecular flexibility index (Phi) is 6.83. The summed E-state index contributed by atoms with van der Waals surface area (Å²) in [6.45, 7) is 1.47. The summed E-state index contributed by atoms with van der Waals surface area (Å²) in [4.78, 5) is 14.5. The number of rotatable bonds is 8. The Bertz CT molecular complexity index is 714. The van der Waals surface area contributed by atoms with E-state index in [0.29, 0.717) is 23.6 Å². The standard InChI is InChI=1S/C20H26N2O3/c1-22(2)14-16-7-5-6-15(12-16)10-11-21-20(23)18-9-8-17(24-3)13-19(18)25-4/h5-9,12-13H,10-11,14H2,1-4H3,(H,21,23). The zero-order valence-electron chi connectivity index (χ0n) is 15.3. The lowest BCUT2D eigenvalue weighted by Gasteiger charge is -2.12. The molecule has 0 radical (unpaired) electrons. The van der Waals surface area contributed by atoms with Gasteiger partial charge in [0.2, 0.25) is 0 Å². The van der Waals surface area contributed by atoms with Crippen molar-refractivity contribution in [3.8, 4) is 11.5 Å². The van der Waals surface area contributed by atoms with Crippen LogP contribution < -0.4 is 14.8 Å². The van der Waals surface area contributed by atoms with Gasteiger partial charge in [-0.1, -0.05) is 24.3 Å². The first-order valence-corrected chi connectivity index (χ1v) is 8.26. The zero-order chi connectivity index (χ0) is 18.2. The Morgan fingerprint density at radius 2 is 1.80 bits per heavy atom. The van der Waals surface area contributed by atoms with Crippen LogP contribution in [0.15, 0.2) is 42.5 Å². The quantitative estimate of drug-likeness (QED) is 0.801. The van der Waals surface area contributed by atoms with Crippen LogP contribution in [0.4, 0.5) is 0 Å². The molecule has 0 heterocycles. The smallest absolute Gasteiger partial charge is 0.255 e. The van der Waals surface area contributed by atoms with Crippen LogP contribution in [0.2, 0.25) is 0 Å². The van der Waals surface area contributed by atoms with Crippen molar-refractivity contribution < 1.29 is 14.3 Å². The van der Waals surface area contributed by atoms with Gasteiger partial charge in [0.15, 0.2) is 0 Å². The van der Waals surface area contributed by atoms with E-state index in [1.54, 1.807) is 32.4 Å². The monoisotopic (exact) mass is 342 g/mol. The van der Waals surface area contributed by atoms with Crippen molar-refractivity contribution in [1.82, 2.24) is 10.2 Å². The molecule has 0 fully saturated rings. The molecular weight excluding hydrogens is 316 g/mol. The molecule has 1 N–H and O–H groups in total. The van der Waals surface area contributed by atoms with Gasteiger partial charge in [-0.2, -0.15) is 0 Å². The maximum atomic E-state index is 12.4. The Balaban J connectivity index is 1.94. The summed E-state index contributed by atoms with van der Waals surface area (Å²) >= 11 is 0. The number of nitrogens with one attached hydrogen (secondary N) is 1. The van der Waals surface area contributed by atoms with Gasteiger partial charge in [0.1, 0.15) is 11.5 Å². The first kappa shape index (κ1) is 18.8. The highest BCUT2D eigenvalue weighted by molar-refractivity contribution is 5.97. The molecule has 0 atom stereocenters. The first-order chi connectivity index (χ1) is 12.0. The third-order valence-corrected chi connectivity index (χ3v) is 3.84. The highest BCUT2D eigenvalue weighted by atomic mass is 16.5. The van der Waals surface area contributed by atoms with Crippen molar-refractivity contribution in [3.05, 3.63) is 59.2 Å². The molecule has 0 saturated carbocycles. The Labute approximate surface area is 149 Å². The molecule has 5 heteroatoms. The summed E-state index contributed by atoms with van der Waals surface area (Å²) in [5.74, 6) is 1.01. The average Bonchev–Trinajstić information content (AvgIpc) is 2.60. The van der Waals surface area contributed by atoms with E-state index >= 15 is 0 Å². The zero-order valence-corrected chi connectivity index (χ0v) is 15.3. The third-order valence-electron chi connectivity index (χ3n) is 3.84. The van der Waals surface area contributed by atoms with Crippen LogP contribution in [0.3, 0.4) is 0 Å². The number of carbonyl (C=O) groups excluding carboxylic acids is 1. The fraction of sp³-hybridized carbons (Fsp3) is 0.350. The lowest BCUT2D eigenvalue weighted by atomic mass is 10.1. The van der Waals surface area contributed by atoms with Crippen molar-refractivity contribution >= 4 is 5.91 Å². The minimum atomic E-state index is -0.149. The molecule has 25 heavy (non-hydrogen) atoms. The van der Waals surface area contributed by atoms with Crippen molar-refractivity contribution in [2.24, 2.45) is 0 Å². The minimum absolute atomic E-state index is 0.149. The van der Waals surface area contributed by atoms with Gasteiger partial charge in [0, 0.05) is 19.2 Å². The molecule has 0 aliphatic carbocycles. The summed E-state index contributed by atoms with van der Waals surface area (Å²) in [7, 11) is 7.23. The Morgan fingerprint density at radius 3 is 2.48 bits per heavy atom. The van der Waals surface area contributed by atoms with Crippen molar-refractivity contribution in [2.45, 2.75) is 13.0 Å². The number of benzene rings is 2. The third kappa shape index (κ3) is 5.50. The van der Waals surface area contributed by atoms with Crippen LogP contribution in [-0.4, -0.2) is 45.7 Å². The van der Waals surface area contributed by atoms with Gasteiger partial charge in [-0.3, -0.25) is 4.79 Å². The molecule has 5 nitrogen and oxygen atoms in total. The lowest BCUT2D eigenvalue weighted by molar-refractivity contribution is 0.0951. The van der Waals surface area contributed by atoms with Gasteiger partial charge in [-0.25, -0.2) is 0 Å². The molecular formula is C20H26N2O3. The van der Waals surface area contributed by atoms with Gasteiger partial charge in [0.25, 0.3) is 5.91 Å². The second-order valence-corrected chi connectivity index (χ2v) is 6.13. The van der Waals surface area contributed by atoms with Gasteiger partial charge in [0.05, 0.1) is 19.8 Å². The first-order valence-electron chi connectivity index (χ1n) is 8.26. The summed E-state index contributed by atoms with van der Waals surface area (Å²) in [5.41, 5.74) is 2.98. The minimum Gasteiger partial charge on any atom is -0.497 e. The Hall–Kier alpha value is -2.53. The fourth-order valence-electron chi connectivity index (χ4n) is 2.65. The molecule has 0 unspecified atom stereocenters. The van der Waals surface area contributed by atoms with E-state index in [4.69, 9.17) is 9.47 Å². The summed E-state index contributed by atoms with van der Waals surface area (Å²) < 4.78 is 10.4. The van der Waals surface area contributed by atoms with E-state index in [9.17, 15) is 4.79 Å². The van der Waals surface area contributed by atoms with Crippen molar-refractivity contribution in [1.29, 1.82) is 0 Å². The summed E-state index contributed by atoms with van der Waals surface area (Å²) in [5, 5.41) is 2.95. The maximum absolute atomic E-state index is 12.4. The molecule has 0 spiro atoms. The number of methoxy groups -OCH3 is 2. The van der Waals surface area contributed by atoms with Gasteiger partial charge in [-0.15, -0.1) is 0 Å². The van der Waals surface area contributed by atoms with E-state index in [2.05, 4.69) is 48.6 Å². The summed E-state index contributed by atoms with van der Waals surface area (Å²) in [6.07, 6.45) is 0.783.